The Kier molecular flexibility index (Phi) is 10.5. The van der Waals surface area contributed by atoms with E-state index in [2.05, 4.69) is 9.88 Å². The lowest BCUT2D eigenvalue weighted by atomic mass is 9.88. The van der Waals surface area contributed by atoms with Gasteiger partial charge in [-0.15, -0.1) is 0 Å². The first-order valence-electron chi connectivity index (χ1n) is 10.9. The monoisotopic (exact) mass is 560 g/mol. The predicted molar refractivity (Wildman–Crippen MR) is 113 cm³/mol. The van der Waals surface area contributed by atoms with Gasteiger partial charge in [0, 0.05) is 25.7 Å². The third-order valence-corrected chi connectivity index (χ3v) is 5.39. The molecular weight excluding hydrogens is 537 g/mol. The van der Waals surface area contributed by atoms with Crippen molar-refractivity contribution in [3.8, 4) is 5.88 Å². The van der Waals surface area contributed by atoms with Crippen molar-refractivity contribution < 1.29 is 64.4 Å². The summed E-state index contributed by atoms with van der Waals surface area (Å²) < 4.78 is 94.3. The van der Waals surface area contributed by atoms with E-state index in [4.69, 9.17) is 33.7 Å². The van der Waals surface area contributed by atoms with Crippen LogP contribution in [0, 0.1) is 5.82 Å². The summed E-state index contributed by atoms with van der Waals surface area (Å²) in [4.78, 5) is 24.1. The smallest absolute Gasteiger partial charge is 0.475 e. The van der Waals surface area contributed by atoms with Gasteiger partial charge in [-0.25, -0.2) is 19.0 Å². The summed E-state index contributed by atoms with van der Waals surface area (Å²) >= 11 is 0. The Bertz CT molecular complexity index is 1010. The van der Waals surface area contributed by atoms with Crippen LogP contribution < -0.4 is 4.74 Å². The fraction of sp³-hybridized carbons (Fsp3) is 0.500. The molecule has 2 fully saturated rings. The average molecular weight is 560 g/mol. The third kappa shape index (κ3) is 9.81. The Morgan fingerprint density at radius 2 is 1.63 bits per heavy atom. The van der Waals surface area contributed by atoms with Crippen LogP contribution in [0.2, 0.25) is 0 Å². The maximum absolute atomic E-state index is 13.7. The Hall–Kier alpha value is -3.40. The second-order valence-electron chi connectivity index (χ2n) is 8.19. The fourth-order valence-electron chi connectivity index (χ4n) is 3.58. The van der Waals surface area contributed by atoms with Crippen LogP contribution in [0.5, 0.6) is 5.88 Å². The van der Waals surface area contributed by atoms with Crippen molar-refractivity contribution >= 4 is 11.9 Å². The van der Waals surface area contributed by atoms with Gasteiger partial charge in [-0.2, -0.15) is 26.3 Å². The van der Waals surface area contributed by atoms with E-state index in [9.17, 15) is 30.7 Å². The SMILES string of the molecule is Fc1cccnc1OC1COC2(CCN(Cc3ccco3)CC2)C1.O=C(O)C(F)(F)F.O=C(O)C(F)(F)F. The van der Waals surface area contributed by atoms with E-state index in [1.807, 2.05) is 12.1 Å². The van der Waals surface area contributed by atoms with Crippen molar-refractivity contribution in [3.63, 3.8) is 0 Å². The van der Waals surface area contributed by atoms with Crippen molar-refractivity contribution in [2.45, 2.75) is 49.9 Å². The number of ether oxygens (including phenoxy) is 2. The predicted octanol–water partition coefficient (Wildman–Crippen LogP) is 4.28. The molecule has 4 rings (SSSR count). The summed E-state index contributed by atoms with van der Waals surface area (Å²) in [7, 11) is 0. The number of piperidine rings is 1. The van der Waals surface area contributed by atoms with Crippen LogP contribution in [0.4, 0.5) is 30.7 Å². The molecule has 0 saturated carbocycles. The van der Waals surface area contributed by atoms with E-state index in [1.165, 1.54) is 12.3 Å². The Labute approximate surface area is 210 Å². The molecule has 0 amide bonds. The first kappa shape index (κ1) is 30.8. The normalized spacial score (nSPS) is 19.1. The molecule has 2 aromatic heterocycles. The highest BCUT2D eigenvalue weighted by molar-refractivity contribution is 5.73. The number of pyridine rings is 1. The van der Waals surface area contributed by atoms with Crippen molar-refractivity contribution in [3.05, 3.63) is 48.3 Å². The summed E-state index contributed by atoms with van der Waals surface area (Å²) in [6.07, 6.45) is -4.35. The van der Waals surface area contributed by atoms with Gasteiger partial charge in [-0.05, 0) is 37.1 Å². The lowest BCUT2D eigenvalue weighted by Crippen LogP contribution is -2.44. The standard InChI is InChI=1S/C18H21FN2O3.2C2HF3O2/c19-16-4-1-7-20-17(16)24-15-11-18(23-13-15)5-8-21(9-6-18)12-14-3-2-10-22-14;2*3-2(4,5)1(6)7/h1-4,7,10,15H,5-6,8-9,11-13H2;2*(H,6,7). The van der Waals surface area contributed by atoms with E-state index in [0.29, 0.717) is 6.61 Å². The fourth-order valence-corrected chi connectivity index (χ4v) is 3.58. The van der Waals surface area contributed by atoms with Crippen LogP contribution in [0.25, 0.3) is 0 Å². The van der Waals surface area contributed by atoms with Gasteiger partial charge in [0.05, 0.1) is 25.0 Å². The van der Waals surface area contributed by atoms with Crippen LogP contribution in [0.1, 0.15) is 25.0 Å². The summed E-state index contributed by atoms with van der Waals surface area (Å²) in [6, 6.07) is 6.84. The van der Waals surface area contributed by atoms with Gasteiger partial charge in [-0.3, -0.25) is 4.90 Å². The number of carboxylic acid groups (broad SMARTS) is 2. The molecule has 9 nitrogen and oxygen atoms in total. The highest BCUT2D eigenvalue weighted by Crippen LogP contribution is 2.37. The second kappa shape index (κ2) is 12.9. The first-order valence-corrected chi connectivity index (χ1v) is 10.9. The number of hydrogen-bond donors (Lipinski definition) is 2. The second-order valence-corrected chi connectivity index (χ2v) is 8.19. The molecule has 2 N–H and O–H groups in total. The van der Waals surface area contributed by atoms with Crippen LogP contribution in [-0.4, -0.2) is 75.8 Å². The van der Waals surface area contributed by atoms with Crippen LogP contribution >= 0.6 is 0 Å². The molecule has 0 bridgehead atoms. The highest BCUT2D eigenvalue weighted by Gasteiger charge is 2.44. The van der Waals surface area contributed by atoms with E-state index in [1.54, 1.807) is 12.3 Å². The largest absolute Gasteiger partial charge is 0.490 e. The number of halogens is 7. The van der Waals surface area contributed by atoms with Gasteiger partial charge < -0.3 is 24.1 Å². The van der Waals surface area contributed by atoms with Crippen molar-refractivity contribution in [2.75, 3.05) is 19.7 Å². The van der Waals surface area contributed by atoms with Gasteiger partial charge in [-0.1, -0.05) is 0 Å². The van der Waals surface area contributed by atoms with Gasteiger partial charge in [0.25, 0.3) is 5.88 Å². The Morgan fingerprint density at radius 3 is 2.11 bits per heavy atom. The number of nitrogens with zero attached hydrogens (tertiary/aromatic N) is 2. The zero-order chi connectivity index (χ0) is 28.6. The molecule has 2 aromatic rings. The Morgan fingerprint density at radius 1 is 1.05 bits per heavy atom. The maximum Gasteiger partial charge on any atom is 0.490 e. The molecule has 1 unspecified atom stereocenters. The first-order chi connectivity index (χ1) is 17.6. The summed E-state index contributed by atoms with van der Waals surface area (Å²) in [6.45, 7) is 3.26. The summed E-state index contributed by atoms with van der Waals surface area (Å²) in [5.74, 6) is -4.88. The molecule has 2 saturated heterocycles. The molecule has 212 valence electrons. The molecule has 1 spiro atoms. The number of likely N-dealkylation sites (tertiary alicyclic amines) is 1. The zero-order valence-electron chi connectivity index (χ0n) is 19.5. The quantitative estimate of drug-likeness (QED) is 0.528. The topological polar surface area (TPSA) is 122 Å². The number of carbonyl (C=O) groups is 2. The minimum absolute atomic E-state index is 0.0680. The minimum atomic E-state index is -5.08. The Balaban J connectivity index is 0.000000301. The molecule has 16 heteroatoms. The molecule has 38 heavy (non-hydrogen) atoms. The molecule has 0 aromatic carbocycles. The number of rotatable bonds is 4. The zero-order valence-corrected chi connectivity index (χ0v) is 19.5. The molecule has 4 heterocycles. The summed E-state index contributed by atoms with van der Waals surface area (Å²) in [5, 5.41) is 14.2. The molecule has 1 atom stereocenters. The van der Waals surface area contributed by atoms with Crippen molar-refractivity contribution in [2.24, 2.45) is 0 Å². The lowest BCUT2D eigenvalue weighted by molar-refractivity contribution is -0.193. The summed E-state index contributed by atoms with van der Waals surface area (Å²) in [5.41, 5.74) is -0.143. The van der Waals surface area contributed by atoms with Crippen LogP contribution in [0.15, 0.2) is 41.1 Å². The van der Waals surface area contributed by atoms with Gasteiger partial charge in [0.1, 0.15) is 11.9 Å². The van der Waals surface area contributed by atoms with Crippen molar-refractivity contribution in [1.29, 1.82) is 0 Å². The number of aromatic nitrogens is 1. The van der Waals surface area contributed by atoms with Gasteiger partial charge in [0.15, 0.2) is 5.82 Å². The average Bonchev–Trinajstić information content (AvgIpc) is 3.47. The number of carboxylic acids is 2. The molecule has 2 aliphatic heterocycles. The molecule has 0 radical (unpaired) electrons. The molecule has 2 aliphatic rings. The van der Waals surface area contributed by atoms with E-state index < -0.39 is 30.1 Å². The number of aliphatic carboxylic acids is 2. The van der Waals surface area contributed by atoms with Crippen LogP contribution in [-0.2, 0) is 20.9 Å². The highest BCUT2D eigenvalue weighted by atomic mass is 19.4. The number of furan rings is 1. The third-order valence-electron chi connectivity index (χ3n) is 5.39. The van der Waals surface area contributed by atoms with Crippen LogP contribution in [0.3, 0.4) is 0 Å². The van der Waals surface area contributed by atoms with Gasteiger partial charge in [0.2, 0.25) is 0 Å². The lowest BCUT2D eigenvalue weighted by Gasteiger charge is -2.38. The molecular formula is C22H23F7N2O7. The maximum atomic E-state index is 13.7. The van der Waals surface area contributed by atoms with Gasteiger partial charge >= 0.3 is 24.3 Å². The number of hydrogen-bond acceptors (Lipinski definition) is 7. The van der Waals surface area contributed by atoms with Crippen molar-refractivity contribution in [1.82, 2.24) is 9.88 Å². The minimum Gasteiger partial charge on any atom is -0.475 e. The molecule has 0 aliphatic carbocycles. The van der Waals surface area contributed by atoms with E-state index >= 15 is 0 Å². The van der Waals surface area contributed by atoms with E-state index in [0.717, 1.165) is 44.7 Å². The number of alkyl halides is 6. The van der Waals surface area contributed by atoms with E-state index in [-0.39, 0.29) is 17.6 Å².